The molecule has 0 unspecified atom stereocenters. The molecule has 6 heteroatoms. The van der Waals surface area contributed by atoms with Crippen LogP contribution in [-0.2, 0) is 20.7 Å². The standard InChI is InChI=1S/C21H33NO5/c1-8-15(2)22(14-20(24)27-21(3,4)5)19(23)12-10-16-9-11-17(25-6)18(13-16)26-7/h9,11,13,15H,8,10,12,14H2,1-7H3/t15-/m0/s1. The lowest BCUT2D eigenvalue weighted by molar-refractivity contribution is -0.160. The topological polar surface area (TPSA) is 65.1 Å². The summed E-state index contributed by atoms with van der Waals surface area (Å²) in [6.45, 7) is 9.36. The van der Waals surface area contributed by atoms with Crippen molar-refractivity contribution in [1.29, 1.82) is 0 Å². The maximum absolute atomic E-state index is 12.8. The van der Waals surface area contributed by atoms with Gasteiger partial charge in [0.25, 0.3) is 0 Å². The fraction of sp³-hybridized carbons (Fsp3) is 0.619. The first-order valence-electron chi connectivity index (χ1n) is 9.33. The van der Waals surface area contributed by atoms with Gasteiger partial charge in [0.15, 0.2) is 11.5 Å². The molecule has 1 atom stereocenters. The fourth-order valence-corrected chi connectivity index (χ4v) is 2.65. The normalized spacial score (nSPS) is 12.3. The number of hydrogen-bond acceptors (Lipinski definition) is 5. The molecule has 6 nitrogen and oxygen atoms in total. The lowest BCUT2D eigenvalue weighted by Gasteiger charge is -2.29. The number of benzene rings is 1. The van der Waals surface area contributed by atoms with Gasteiger partial charge in [0.1, 0.15) is 12.1 Å². The molecule has 0 aliphatic carbocycles. The molecular weight excluding hydrogens is 346 g/mol. The number of rotatable bonds is 9. The summed E-state index contributed by atoms with van der Waals surface area (Å²) in [6, 6.07) is 5.57. The Bertz CT molecular complexity index is 636. The van der Waals surface area contributed by atoms with E-state index in [1.807, 2.05) is 52.8 Å². The van der Waals surface area contributed by atoms with Gasteiger partial charge in [-0.15, -0.1) is 0 Å². The van der Waals surface area contributed by atoms with Crippen molar-refractivity contribution >= 4 is 11.9 Å². The summed E-state index contributed by atoms with van der Waals surface area (Å²) < 4.78 is 15.9. The molecule has 1 aromatic carbocycles. The van der Waals surface area contributed by atoms with E-state index >= 15 is 0 Å². The number of carbonyl (C=O) groups is 2. The van der Waals surface area contributed by atoms with E-state index < -0.39 is 5.60 Å². The molecular formula is C21H33NO5. The van der Waals surface area contributed by atoms with Crippen molar-refractivity contribution in [3.8, 4) is 11.5 Å². The zero-order valence-electron chi connectivity index (χ0n) is 17.6. The molecule has 0 saturated carbocycles. The van der Waals surface area contributed by atoms with Crippen molar-refractivity contribution in [3.05, 3.63) is 23.8 Å². The van der Waals surface area contributed by atoms with Crippen molar-refractivity contribution in [1.82, 2.24) is 4.90 Å². The predicted molar refractivity (Wildman–Crippen MR) is 105 cm³/mol. The van der Waals surface area contributed by atoms with Crippen molar-refractivity contribution in [2.24, 2.45) is 0 Å². The zero-order valence-corrected chi connectivity index (χ0v) is 17.6. The summed E-state index contributed by atoms with van der Waals surface area (Å²) in [6.07, 6.45) is 1.63. The molecule has 0 heterocycles. The Morgan fingerprint density at radius 2 is 1.74 bits per heavy atom. The lowest BCUT2D eigenvalue weighted by atomic mass is 10.1. The second-order valence-corrected chi connectivity index (χ2v) is 7.55. The van der Waals surface area contributed by atoms with Crippen LogP contribution >= 0.6 is 0 Å². The minimum atomic E-state index is -0.569. The van der Waals surface area contributed by atoms with Crippen LogP contribution in [-0.4, -0.2) is 49.2 Å². The van der Waals surface area contributed by atoms with E-state index in [-0.39, 0.29) is 24.5 Å². The van der Waals surface area contributed by atoms with Gasteiger partial charge in [-0.3, -0.25) is 9.59 Å². The van der Waals surface area contributed by atoms with E-state index in [4.69, 9.17) is 14.2 Å². The van der Waals surface area contributed by atoms with Crippen LogP contribution in [0.25, 0.3) is 0 Å². The van der Waals surface area contributed by atoms with Crippen LogP contribution in [0.4, 0.5) is 0 Å². The van der Waals surface area contributed by atoms with Crippen molar-refractivity contribution in [3.63, 3.8) is 0 Å². The van der Waals surface area contributed by atoms with Crippen LogP contribution in [0.1, 0.15) is 53.0 Å². The number of hydrogen-bond donors (Lipinski definition) is 0. The molecule has 0 aliphatic rings. The van der Waals surface area contributed by atoms with Crippen LogP contribution in [0, 0.1) is 0 Å². The molecule has 27 heavy (non-hydrogen) atoms. The molecule has 0 saturated heterocycles. The van der Waals surface area contributed by atoms with Crippen molar-refractivity contribution in [2.75, 3.05) is 20.8 Å². The van der Waals surface area contributed by atoms with Crippen molar-refractivity contribution < 1.29 is 23.8 Å². The first-order valence-corrected chi connectivity index (χ1v) is 9.33. The predicted octanol–water partition coefficient (Wildman–Crippen LogP) is 3.61. The Labute approximate surface area is 162 Å². The van der Waals surface area contributed by atoms with Crippen LogP contribution in [0.2, 0.25) is 0 Å². The summed E-state index contributed by atoms with van der Waals surface area (Å²) in [4.78, 5) is 26.5. The number of ether oxygens (including phenoxy) is 3. The minimum absolute atomic E-state index is 0.0307. The second kappa shape index (κ2) is 10.2. The SMILES string of the molecule is CC[C@H](C)N(CC(=O)OC(C)(C)C)C(=O)CCc1ccc(OC)c(OC)c1. The van der Waals surface area contributed by atoms with Crippen molar-refractivity contribution in [2.45, 2.75) is 65.5 Å². The van der Waals surface area contributed by atoms with Gasteiger partial charge in [-0.05, 0) is 58.2 Å². The first-order chi connectivity index (χ1) is 12.6. The Morgan fingerprint density at radius 3 is 2.26 bits per heavy atom. The molecule has 152 valence electrons. The molecule has 0 radical (unpaired) electrons. The summed E-state index contributed by atoms with van der Waals surface area (Å²) in [5, 5.41) is 0. The van der Waals surface area contributed by atoms with Gasteiger partial charge in [0, 0.05) is 12.5 Å². The van der Waals surface area contributed by atoms with Crippen LogP contribution in [0.3, 0.4) is 0 Å². The number of nitrogens with zero attached hydrogens (tertiary/aromatic N) is 1. The van der Waals surface area contributed by atoms with E-state index in [0.29, 0.717) is 24.3 Å². The Balaban J connectivity index is 2.78. The van der Waals surface area contributed by atoms with Gasteiger partial charge in [0.2, 0.25) is 5.91 Å². The van der Waals surface area contributed by atoms with Gasteiger partial charge in [0.05, 0.1) is 14.2 Å². The third-order valence-electron chi connectivity index (χ3n) is 4.24. The molecule has 0 aromatic heterocycles. The number of amides is 1. The summed E-state index contributed by atoms with van der Waals surface area (Å²) in [7, 11) is 3.17. The van der Waals surface area contributed by atoms with E-state index in [1.54, 1.807) is 19.1 Å². The number of esters is 1. The van der Waals surface area contributed by atoms with Crippen LogP contribution < -0.4 is 9.47 Å². The highest BCUT2D eigenvalue weighted by Gasteiger charge is 2.25. The van der Waals surface area contributed by atoms with E-state index in [9.17, 15) is 9.59 Å². The molecule has 0 N–H and O–H groups in total. The summed E-state index contributed by atoms with van der Waals surface area (Å²) in [5.74, 6) is 0.834. The van der Waals surface area contributed by atoms with E-state index in [0.717, 1.165) is 12.0 Å². The van der Waals surface area contributed by atoms with Gasteiger partial charge in [-0.2, -0.15) is 0 Å². The third-order valence-corrected chi connectivity index (χ3v) is 4.24. The number of methoxy groups -OCH3 is 2. The summed E-state index contributed by atoms with van der Waals surface area (Å²) in [5.41, 5.74) is 0.406. The van der Waals surface area contributed by atoms with Gasteiger partial charge in [-0.1, -0.05) is 13.0 Å². The highest BCUT2D eigenvalue weighted by Crippen LogP contribution is 2.28. The third kappa shape index (κ3) is 7.49. The van der Waals surface area contributed by atoms with Gasteiger partial charge in [-0.25, -0.2) is 0 Å². The van der Waals surface area contributed by atoms with E-state index in [1.165, 1.54) is 0 Å². The Hall–Kier alpha value is -2.24. The molecule has 0 bridgehead atoms. The summed E-state index contributed by atoms with van der Waals surface area (Å²) >= 11 is 0. The highest BCUT2D eigenvalue weighted by molar-refractivity contribution is 5.82. The Morgan fingerprint density at radius 1 is 1.11 bits per heavy atom. The van der Waals surface area contributed by atoms with Gasteiger partial charge < -0.3 is 19.1 Å². The average Bonchev–Trinajstić information content (AvgIpc) is 2.61. The quantitative estimate of drug-likeness (QED) is 0.613. The van der Waals surface area contributed by atoms with E-state index in [2.05, 4.69) is 0 Å². The molecule has 1 amide bonds. The minimum Gasteiger partial charge on any atom is -0.493 e. The zero-order chi connectivity index (χ0) is 20.6. The van der Waals surface area contributed by atoms with Crippen LogP contribution in [0.15, 0.2) is 18.2 Å². The lowest BCUT2D eigenvalue weighted by Crippen LogP contribution is -2.43. The first kappa shape index (κ1) is 22.8. The average molecular weight is 379 g/mol. The fourth-order valence-electron chi connectivity index (χ4n) is 2.65. The maximum Gasteiger partial charge on any atom is 0.326 e. The molecule has 0 fully saturated rings. The molecule has 1 rings (SSSR count). The highest BCUT2D eigenvalue weighted by atomic mass is 16.6. The number of aryl methyl sites for hydroxylation is 1. The smallest absolute Gasteiger partial charge is 0.326 e. The largest absolute Gasteiger partial charge is 0.493 e. The molecule has 0 aliphatic heterocycles. The Kier molecular flexibility index (Phi) is 8.60. The van der Waals surface area contributed by atoms with Gasteiger partial charge >= 0.3 is 5.97 Å². The molecule has 1 aromatic rings. The van der Waals surface area contributed by atoms with Crippen LogP contribution in [0.5, 0.6) is 11.5 Å². The maximum atomic E-state index is 12.8. The number of carbonyl (C=O) groups excluding carboxylic acids is 2. The second-order valence-electron chi connectivity index (χ2n) is 7.55. The molecule has 0 spiro atoms. The monoisotopic (exact) mass is 379 g/mol.